The largest absolute Gasteiger partial charge is 0.440 e. The maximum absolute atomic E-state index is 12.8. The Bertz CT molecular complexity index is 997. The van der Waals surface area contributed by atoms with Crippen LogP contribution in [0.15, 0.2) is 45.9 Å². The van der Waals surface area contributed by atoms with Gasteiger partial charge in [0.2, 0.25) is 0 Å². The monoisotopic (exact) mass is 366 g/mol. The summed E-state index contributed by atoms with van der Waals surface area (Å²) in [6.45, 7) is 6.72. The van der Waals surface area contributed by atoms with E-state index >= 15 is 0 Å². The van der Waals surface area contributed by atoms with E-state index in [1.165, 1.54) is 0 Å². The Labute approximate surface area is 157 Å². The first kappa shape index (κ1) is 17.5. The van der Waals surface area contributed by atoms with Crippen LogP contribution in [0.4, 0.5) is 11.6 Å². The third-order valence-corrected chi connectivity index (χ3v) is 4.75. The second kappa shape index (κ2) is 7.36. The Hall–Kier alpha value is -2.93. The van der Waals surface area contributed by atoms with Gasteiger partial charge in [0.1, 0.15) is 5.58 Å². The first-order valence-corrected chi connectivity index (χ1v) is 9.06. The summed E-state index contributed by atoms with van der Waals surface area (Å²) >= 11 is 0. The molecule has 0 aliphatic carbocycles. The van der Waals surface area contributed by atoms with E-state index in [1.54, 1.807) is 18.5 Å². The number of nitrogens with zero attached hydrogens (tertiary/aromatic N) is 3. The molecule has 3 aromatic rings. The Morgan fingerprint density at radius 3 is 2.74 bits per heavy atom. The Morgan fingerprint density at radius 1 is 1.19 bits per heavy atom. The molecule has 1 saturated heterocycles. The van der Waals surface area contributed by atoms with E-state index < -0.39 is 0 Å². The van der Waals surface area contributed by atoms with E-state index in [9.17, 15) is 4.79 Å². The zero-order valence-electron chi connectivity index (χ0n) is 15.4. The average molecular weight is 366 g/mol. The first-order valence-electron chi connectivity index (χ1n) is 9.06. The van der Waals surface area contributed by atoms with E-state index in [2.05, 4.69) is 26.5 Å². The zero-order chi connectivity index (χ0) is 18.8. The van der Waals surface area contributed by atoms with E-state index in [1.807, 2.05) is 26.0 Å². The first-order chi connectivity index (χ1) is 13.1. The highest BCUT2D eigenvalue weighted by molar-refractivity contribution is 5.82. The molecule has 1 aliphatic rings. The van der Waals surface area contributed by atoms with E-state index in [0.29, 0.717) is 43.2 Å². The van der Waals surface area contributed by atoms with Crippen LogP contribution in [0.3, 0.4) is 0 Å². The molecule has 0 spiro atoms. The molecule has 0 radical (unpaired) electrons. The summed E-state index contributed by atoms with van der Waals surface area (Å²) < 4.78 is 11.6. The van der Waals surface area contributed by atoms with Gasteiger partial charge in [-0.25, -0.2) is 0 Å². The fourth-order valence-electron chi connectivity index (χ4n) is 3.39. The predicted octanol–water partition coefficient (Wildman–Crippen LogP) is 2.90. The lowest BCUT2D eigenvalue weighted by Crippen LogP contribution is -2.36. The van der Waals surface area contributed by atoms with Gasteiger partial charge in [-0.3, -0.25) is 4.79 Å². The Balaban J connectivity index is 1.78. The third-order valence-electron chi connectivity index (χ3n) is 4.75. The lowest BCUT2D eigenvalue weighted by Gasteiger charge is -2.27. The van der Waals surface area contributed by atoms with Crippen LogP contribution in [0.25, 0.3) is 11.0 Å². The molecule has 0 bridgehead atoms. The second-order valence-electron chi connectivity index (χ2n) is 6.78. The molecule has 0 saturated carbocycles. The topological polar surface area (TPSA) is 80.5 Å². The van der Waals surface area contributed by atoms with Crippen molar-refractivity contribution in [3.63, 3.8) is 0 Å². The molecule has 0 amide bonds. The molecule has 1 fully saturated rings. The number of hydrogen-bond donors (Lipinski definition) is 1. The van der Waals surface area contributed by atoms with Crippen LogP contribution in [-0.4, -0.2) is 36.5 Å². The number of benzene rings is 1. The van der Waals surface area contributed by atoms with E-state index in [4.69, 9.17) is 9.15 Å². The van der Waals surface area contributed by atoms with Crippen molar-refractivity contribution in [2.24, 2.45) is 0 Å². The summed E-state index contributed by atoms with van der Waals surface area (Å²) in [4.78, 5) is 14.8. The molecule has 140 valence electrons. The van der Waals surface area contributed by atoms with Crippen LogP contribution in [0.2, 0.25) is 0 Å². The van der Waals surface area contributed by atoms with Crippen molar-refractivity contribution < 1.29 is 9.15 Å². The van der Waals surface area contributed by atoms with Crippen molar-refractivity contribution in [3.8, 4) is 0 Å². The van der Waals surface area contributed by atoms with Gasteiger partial charge in [-0.15, -0.1) is 0 Å². The lowest BCUT2D eigenvalue weighted by molar-refractivity contribution is 0.121. The number of aromatic nitrogens is 2. The number of anilines is 2. The van der Waals surface area contributed by atoms with Crippen molar-refractivity contribution in [2.45, 2.75) is 19.9 Å². The standard InChI is InChI=1S/C20H22N4O3/c1-13-9-16(14(2)23-15-3-4-21-22-12-15)20-17(10-13)18(25)11-19(27-20)24-5-7-26-8-6-24/h3-4,9-12,14H,5-8H2,1-2H3,(H,21,23)/t14-/m1/s1. The van der Waals surface area contributed by atoms with Gasteiger partial charge in [-0.1, -0.05) is 6.07 Å². The molecule has 7 heteroatoms. The highest BCUT2D eigenvalue weighted by Crippen LogP contribution is 2.29. The van der Waals surface area contributed by atoms with Crippen LogP contribution < -0.4 is 15.6 Å². The van der Waals surface area contributed by atoms with Crippen molar-refractivity contribution in [1.29, 1.82) is 0 Å². The van der Waals surface area contributed by atoms with Gasteiger partial charge in [-0.2, -0.15) is 10.2 Å². The SMILES string of the molecule is Cc1cc([C@@H](C)Nc2ccnnc2)c2oc(N3CCOCC3)cc(=O)c2c1. The molecule has 1 N–H and O–H groups in total. The fraction of sp³-hybridized carbons (Fsp3) is 0.350. The smallest absolute Gasteiger partial charge is 0.200 e. The number of ether oxygens (including phenoxy) is 1. The number of fused-ring (bicyclic) bond motifs is 1. The third kappa shape index (κ3) is 3.64. The van der Waals surface area contributed by atoms with E-state index in [-0.39, 0.29) is 11.5 Å². The molecule has 27 heavy (non-hydrogen) atoms. The molecule has 0 unspecified atom stereocenters. The number of nitrogens with one attached hydrogen (secondary N) is 1. The summed E-state index contributed by atoms with van der Waals surface area (Å²) in [5.41, 5.74) is 3.41. The van der Waals surface area contributed by atoms with Crippen LogP contribution in [0.5, 0.6) is 0 Å². The quantitative estimate of drug-likeness (QED) is 0.760. The minimum Gasteiger partial charge on any atom is -0.440 e. The predicted molar refractivity (Wildman–Crippen MR) is 104 cm³/mol. The second-order valence-corrected chi connectivity index (χ2v) is 6.78. The van der Waals surface area contributed by atoms with Gasteiger partial charge in [-0.05, 0) is 31.5 Å². The molecule has 1 aliphatic heterocycles. The minimum atomic E-state index is -0.0697. The minimum absolute atomic E-state index is 0.0273. The van der Waals surface area contributed by atoms with Crippen LogP contribution in [0.1, 0.15) is 24.1 Å². The normalized spacial score (nSPS) is 15.7. The fourth-order valence-corrected chi connectivity index (χ4v) is 3.39. The lowest BCUT2D eigenvalue weighted by atomic mass is 10.0. The molecule has 1 atom stereocenters. The molecule has 4 rings (SSSR count). The maximum Gasteiger partial charge on any atom is 0.200 e. The van der Waals surface area contributed by atoms with Crippen molar-refractivity contribution in [3.05, 3.63) is 58.0 Å². The number of hydrogen-bond acceptors (Lipinski definition) is 7. The molecule has 3 heterocycles. The van der Waals surface area contributed by atoms with Crippen molar-refractivity contribution in [1.82, 2.24) is 10.2 Å². The summed E-state index contributed by atoms with van der Waals surface area (Å²) in [5.74, 6) is 0.596. The summed E-state index contributed by atoms with van der Waals surface area (Å²) in [6, 6.07) is 7.31. The average Bonchev–Trinajstić information content (AvgIpc) is 2.69. The van der Waals surface area contributed by atoms with Crippen molar-refractivity contribution in [2.75, 3.05) is 36.5 Å². The van der Waals surface area contributed by atoms with Gasteiger partial charge >= 0.3 is 0 Å². The van der Waals surface area contributed by atoms with Gasteiger partial charge in [0.15, 0.2) is 11.3 Å². The van der Waals surface area contributed by atoms with Crippen molar-refractivity contribution >= 4 is 22.5 Å². The molecular weight excluding hydrogens is 344 g/mol. The van der Waals surface area contributed by atoms with Gasteiger partial charge in [0.05, 0.1) is 42.7 Å². The van der Waals surface area contributed by atoms with Gasteiger partial charge in [0, 0.05) is 24.7 Å². The number of morpholine rings is 1. The number of aryl methyl sites for hydroxylation is 1. The maximum atomic E-state index is 12.8. The molecule has 1 aromatic carbocycles. The Morgan fingerprint density at radius 2 is 2.00 bits per heavy atom. The van der Waals surface area contributed by atoms with Gasteiger partial charge in [0.25, 0.3) is 0 Å². The number of rotatable bonds is 4. The van der Waals surface area contributed by atoms with Crippen LogP contribution in [0, 0.1) is 6.92 Å². The summed E-state index contributed by atoms with van der Waals surface area (Å²) in [5, 5.41) is 11.7. The van der Waals surface area contributed by atoms with Crippen LogP contribution in [-0.2, 0) is 4.74 Å². The zero-order valence-corrected chi connectivity index (χ0v) is 15.4. The molecular formula is C20H22N4O3. The molecule has 2 aromatic heterocycles. The summed E-state index contributed by atoms with van der Waals surface area (Å²) in [6.07, 6.45) is 3.31. The van der Waals surface area contributed by atoms with Crippen LogP contribution >= 0.6 is 0 Å². The highest BCUT2D eigenvalue weighted by Gasteiger charge is 2.19. The van der Waals surface area contributed by atoms with Gasteiger partial charge < -0.3 is 19.4 Å². The summed E-state index contributed by atoms with van der Waals surface area (Å²) in [7, 11) is 0. The van der Waals surface area contributed by atoms with E-state index in [0.717, 1.165) is 16.8 Å². The highest BCUT2D eigenvalue weighted by atomic mass is 16.5. The Kier molecular flexibility index (Phi) is 4.77. The molecule has 7 nitrogen and oxygen atoms in total.